The van der Waals surface area contributed by atoms with Gasteiger partial charge in [-0.2, -0.15) is 11.8 Å². The van der Waals surface area contributed by atoms with Crippen LogP contribution in [0.15, 0.2) is 22.7 Å². The fourth-order valence-electron chi connectivity index (χ4n) is 1.32. The van der Waals surface area contributed by atoms with Gasteiger partial charge in [-0.15, -0.1) is 0 Å². The average molecular weight is 318 g/mol. The van der Waals surface area contributed by atoms with Crippen LogP contribution in [0.3, 0.4) is 0 Å². The molecule has 0 fully saturated rings. The molecule has 0 aromatic heterocycles. The fourth-order valence-corrected chi connectivity index (χ4v) is 3.30. The second-order valence-electron chi connectivity index (χ2n) is 4.24. The summed E-state index contributed by atoms with van der Waals surface area (Å²) in [6.45, 7) is 4.40. The Labute approximate surface area is 114 Å². The van der Waals surface area contributed by atoms with Crippen LogP contribution in [0.5, 0.6) is 0 Å². The first kappa shape index (κ1) is 14.5. The van der Waals surface area contributed by atoms with Gasteiger partial charge in [0.2, 0.25) is 0 Å². The molecule has 0 spiro atoms. The summed E-state index contributed by atoms with van der Waals surface area (Å²) in [7, 11) is 0. The summed E-state index contributed by atoms with van der Waals surface area (Å²) >= 11 is 5.12. The molecule has 0 saturated heterocycles. The molecule has 3 nitrogen and oxygen atoms in total. The number of hydrogen-bond donors (Lipinski definition) is 0. The number of thioether (sulfide) groups is 1. The van der Waals surface area contributed by atoms with E-state index in [4.69, 9.17) is 0 Å². The van der Waals surface area contributed by atoms with Crippen molar-refractivity contribution in [1.29, 1.82) is 0 Å². The van der Waals surface area contributed by atoms with Crippen LogP contribution in [0.25, 0.3) is 0 Å². The molecule has 0 aliphatic rings. The van der Waals surface area contributed by atoms with E-state index in [1.807, 2.05) is 17.8 Å². The van der Waals surface area contributed by atoms with E-state index >= 15 is 0 Å². The third kappa shape index (κ3) is 4.68. The number of nitro benzene ring substituents is 1. The maximum atomic E-state index is 10.8. The number of nitro groups is 1. The molecular weight excluding hydrogens is 302 g/mol. The SMILES string of the molecule is CC(C)CCSCc1cccc([N+](=O)[O-])c1Br. The summed E-state index contributed by atoms with van der Waals surface area (Å²) in [6, 6.07) is 5.19. The molecular formula is C12H16BrNO2S. The molecule has 1 aromatic rings. The van der Waals surface area contributed by atoms with Gasteiger partial charge in [0.15, 0.2) is 0 Å². The van der Waals surface area contributed by atoms with Crippen molar-refractivity contribution < 1.29 is 4.92 Å². The van der Waals surface area contributed by atoms with Crippen molar-refractivity contribution in [2.75, 3.05) is 5.75 Å². The minimum atomic E-state index is -0.355. The van der Waals surface area contributed by atoms with Gasteiger partial charge < -0.3 is 0 Å². The molecule has 0 amide bonds. The van der Waals surface area contributed by atoms with E-state index in [2.05, 4.69) is 29.8 Å². The molecule has 94 valence electrons. The van der Waals surface area contributed by atoms with E-state index in [0.29, 0.717) is 10.4 Å². The standard InChI is InChI=1S/C12H16BrNO2S/c1-9(2)6-7-17-8-10-4-3-5-11(12(10)13)14(15)16/h3-5,9H,6-8H2,1-2H3. The van der Waals surface area contributed by atoms with Crippen molar-refractivity contribution in [3.05, 3.63) is 38.3 Å². The lowest BCUT2D eigenvalue weighted by Crippen LogP contribution is -1.94. The summed E-state index contributed by atoms with van der Waals surface area (Å²) in [5, 5.41) is 10.8. The molecule has 0 atom stereocenters. The quantitative estimate of drug-likeness (QED) is 0.436. The van der Waals surface area contributed by atoms with Gasteiger partial charge in [0.25, 0.3) is 5.69 Å². The van der Waals surface area contributed by atoms with Gasteiger partial charge in [-0.05, 0) is 39.6 Å². The topological polar surface area (TPSA) is 43.1 Å². The molecule has 0 aliphatic heterocycles. The first-order valence-electron chi connectivity index (χ1n) is 5.52. The van der Waals surface area contributed by atoms with Gasteiger partial charge in [-0.25, -0.2) is 0 Å². The highest BCUT2D eigenvalue weighted by molar-refractivity contribution is 9.10. The second-order valence-corrected chi connectivity index (χ2v) is 6.14. The Hall–Kier alpha value is -0.550. The lowest BCUT2D eigenvalue weighted by Gasteiger charge is -2.06. The Morgan fingerprint density at radius 1 is 1.47 bits per heavy atom. The Balaban J connectivity index is 2.59. The number of nitrogens with zero attached hydrogens (tertiary/aromatic N) is 1. The maximum Gasteiger partial charge on any atom is 0.283 e. The molecule has 1 rings (SSSR count). The summed E-state index contributed by atoms with van der Waals surface area (Å²) in [4.78, 5) is 10.4. The van der Waals surface area contributed by atoms with Gasteiger partial charge >= 0.3 is 0 Å². The highest BCUT2D eigenvalue weighted by Crippen LogP contribution is 2.30. The van der Waals surface area contributed by atoms with Crippen LogP contribution in [-0.4, -0.2) is 10.7 Å². The molecule has 0 heterocycles. The van der Waals surface area contributed by atoms with Gasteiger partial charge in [0.1, 0.15) is 0 Å². The van der Waals surface area contributed by atoms with Crippen LogP contribution < -0.4 is 0 Å². The van der Waals surface area contributed by atoms with Crippen molar-refractivity contribution in [2.45, 2.75) is 26.0 Å². The number of hydrogen-bond acceptors (Lipinski definition) is 3. The molecule has 0 aliphatic carbocycles. The van der Waals surface area contributed by atoms with Crippen molar-refractivity contribution >= 4 is 33.4 Å². The molecule has 5 heteroatoms. The number of benzene rings is 1. The van der Waals surface area contributed by atoms with Crippen LogP contribution in [0.4, 0.5) is 5.69 Å². The van der Waals surface area contributed by atoms with Crippen LogP contribution in [0.1, 0.15) is 25.8 Å². The Bertz CT molecular complexity index is 396. The molecule has 17 heavy (non-hydrogen) atoms. The van der Waals surface area contributed by atoms with Crippen LogP contribution >= 0.6 is 27.7 Å². The Morgan fingerprint density at radius 3 is 2.76 bits per heavy atom. The Kier molecular flexibility index (Phi) is 5.98. The first-order valence-corrected chi connectivity index (χ1v) is 7.46. The number of halogens is 1. The molecule has 1 aromatic carbocycles. The molecule has 0 radical (unpaired) electrons. The number of rotatable bonds is 6. The predicted molar refractivity (Wildman–Crippen MR) is 76.4 cm³/mol. The zero-order valence-corrected chi connectivity index (χ0v) is 12.4. The molecule has 0 bridgehead atoms. The van der Waals surface area contributed by atoms with E-state index in [1.165, 1.54) is 12.5 Å². The largest absolute Gasteiger partial charge is 0.283 e. The Morgan fingerprint density at radius 2 is 2.18 bits per heavy atom. The van der Waals surface area contributed by atoms with Gasteiger partial charge in [-0.1, -0.05) is 26.0 Å². The van der Waals surface area contributed by atoms with Gasteiger partial charge in [0, 0.05) is 11.8 Å². The fraction of sp³-hybridized carbons (Fsp3) is 0.500. The highest BCUT2D eigenvalue weighted by atomic mass is 79.9. The minimum Gasteiger partial charge on any atom is -0.258 e. The van der Waals surface area contributed by atoms with E-state index in [-0.39, 0.29) is 10.6 Å². The van der Waals surface area contributed by atoms with E-state index in [0.717, 1.165) is 17.1 Å². The third-order valence-corrected chi connectivity index (χ3v) is 4.31. The normalized spacial score (nSPS) is 10.8. The minimum absolute atomic E-state index is 0.145. The summed E-state index contributed by atoms with van der Waals surface area (Å²) < 4.78 is 0.613. The summed E-state index contributed by atoms with van der Waals surface area (Å²) in [5.74, 6) is 2.61. The van der Waals surface area contributed by atoms with Crippen molar-refractivity contribution in [3.63, 3.8) is 0 Å². The smallest absolute Gasteiger partial charge is 0.258 e. The van der Waals surface area contributed by atoms with Crippen molar-refractivity contribution in [1.82, 2.24) is 0 Å². The third-order valence-electron chi connectivity index (χ3n) is 2.35. The van der Waals surface area contributed by atoms with Crippen molar-refractivity contribution in [3.8, 4) is 0 Å². The van der Waals surface area contributed by atoms with Crippen LogP contribution in [0, 0.1) is 16.0 Å². The average Bonchev–Trinajstić information content (AvgIpc) is 2.25. The lowest BCUT2D eigenvalue weighted by molar-refractivity contribution is -0.385. The van der Waals surface area contributed by atoms with E-state index < -0.39 is 0 Å². The van der Waals surface area contributed by atoms with Gasteiger partial charge in [-0.3, -0.25) is 10.1 Å². The zero-order chi connectivity index (χ0) is 12.8. The summed E-state index contributed by atoms with van der Waals surface area (Å²) in [5.41, 5.74) is 1.14. The zero-order valence-electron chi connectivity index (χ0n) is 9.98. The van der Waals surface area contributed by atoms with Crippen LogP contribution in [-0.2, 0) is 5.75 Å². The van der Waals surface area contributed by atoms with E-state index in [9.17, 15) is 10.1 Å². The summed E-state index contributed by atoms with van der Waals surface area (Å²) in [6.07, 6.45) is 1.18. The second kappa shape index (κ2) is 7.01. The van der Waals surface area contributed by atoms with E-state index in [1.54, 1.807) is 6.07 Å². The highest BCUT2D eigenvalue weighted by Gasteiger charge is 2.14. The van der Waals surface area contributed by atoms with Crippen LogP contribution in [0.2, 0.25) is 0 Å². The predicted octanol–water partition coefficient (Wildman–Crippen LogP) is 4.64. The van der Waals surface area contributed by atoms with Crippen molar-refractivity contribution in [2.24, 2.45) is 5.92 Å². The monoisotopic (exact) mass is 317 g/mol. The molecule has 0 saturated carbocycles. The first-order chi connectivity index (χ1) is 8.02. The molecule has 0 N–H and O–H groups in total. The molecule has 0 unspecified atom stereocenters. The van der Waals surface area contributed by atoms with Gasteiger partial charge in [0.05, 0.1) is 9.40 Å². The lowest BCUT2D eigenvalue weighted by atomic mass is 10.2. The maximum absolute atomic E-state index is 10.8.